The Morgan fingerprint density at radius 3 is 2.83 bits per heavy atom. The van der Waals surface area contributed by atoms with Gasteiger partial charge in [0.2, 0.25) is 0 Å². The van der Waals surface area contributed by atoms with Crippen molar-refractivity contribution >= 4 is 23.5 Å². The van der Waals surface area contributed by atoms with Crippen molar-refractivity contribution < 1.29 is 4.74 Å². The maximum atomic E-state index is 5.58. The van der Waals surface area contributed by atoms with Crippen LogP contribution in [0.3, 0.4) is 0 Å². The Morgan fingerprint density at radius 2 is 2.07 bits per heavy atom. The standard InChI is InChI=1S/C21H22N6OS/c29-21(23-14-19-7-4-12-28-19)25-24-13-17-15-27(18-5-2-1-3-6-18)26-20(17)16-8-10-22-11-9-16/h1-3,5-6,8-11,13,15,19H,4,7,12,14H2,(H2,23,25,29)/b24-13-/t19-/m1/s1. The first-order chi connectivity index (χ1) is 14.3. The molecule has 0 unspecified atom stereocenters. The molecule has 3 aromatic rings. The average molecular weight is 407 g/mol. The summed E-state index contributed by atoms with van der Waals surface area (Å²) in [6.07, 6.45) is 9.56. The van der Waals surface area contributed by atoms with Gasteiger partial charge >= 0.3 is 0 Å². The average Bonchev–Trinajstić information content (AvgIpc) is 3.44. The summed E-state index contributed by atoms with van der Waals surface area (Å²) in [6, 6.07) is 13.8. The van der Waals surface area contributed by atoms with E-state index < -0.39 is 0 Å². The number of para-hydroxylation sites is 1. The van der Waals surface area contributed by atoms with E-state index in [0.29, 0.717) is 11.7 Å². The number of hydrogen-bond acceptors (Lipinski definition) is 5. The van der Waals surface area contributed by atoms with Crippen molar-refractivity contribution in [2.24, 2.45) is 5.10 Å². The van der Waals surface area contributed by atoms with Gasteiger partial charge in [-0.25, -0.2) is 4.68 Å². The van der Waals surface area contributed by atoms with Gasteiger partial charge in [-0.1, -0.05) is 18.2 Å². The van der Waals surface area contributed by atoms with E-state index in [0.717, 1.165) is 42.0 Å². The molecule has 0 bridgehead atoms. The second kappa shape index (κ2) is 9.40. The summed E-state index contributed by atoms with van der Waals surface area (Å²) in [5, 5.41) is 12.6. The highest BCUT2D eigenvalue weighted by molar-refractivity contribution is 7.80. The molecule has 3 heterocycles. The van der Waals surface area contributed by atoms with Crippen molar-refractivity contribution in [3.05, 3.63) is 66.6 Å². The van der Waals surface area contributed by atoms with E-state index in [1.54, 1.807) is 18.6 Å². The van der Waals surface area contributed by atoms with Gasteiger partial charge < -0.3 is 10.1 Å². The van der Waals surface area contributed by atoms with Gasteiger partial charge in [0.1, 0.15) is 5.69 Å². The summed E-state index contributed by atoms with van der Waals surface area (Å²) >= 11 is 5.29. The van der Waals surface area contributed by atoms with Gasteiger partial charge in [-0.3, -0.25) is 10.4 Å². The zero-order valence-electron chi connectivity index (χ0n) is 15.9. The maximum Gasteiger partial charge on any atom is 0.187 e. The van der Waals surface area contributed by atoms with Crippen molar-refractivity contribution in [3.63, 3.8) is 0 Å². The molecule has 2 aromatic heterocycles. The minimum absolute atomic E-state index is 0.223. The van der Waals surface area contributed by atoms with E-state index in [4.69, 9.17) is 22.1 Å². The lowest BCUT2D eigenvalue weighted by Gasteiger charge is -2.11. The van der Waals surface area contributed by atoms with E-state index in [1.165, 1.54) is 0 Å². The van der Waals surface area contributed by atoms with Gasteiger partial charge in [-0.15, -0.1) is 0 Å². The fourth-order valence-electron chi connectivity index (χ4n) is 3.14. The van der Waals surface area contributed by atoms with E-state index in [9.17, 15) is 0 Å². The molecule has 1 aliphatic rings. The highest BCUT2D eigenvalue weighted by Gasteiger charge is 2.15. The lowest BCUT2D eigenvalue weighted by Crippen LogP contribution is -2.37. The van der Waals surface area contributed by atoms with E-state index in [2.05, 4.69) is 20.8 Å². The van der Waals surface area contributed by atoms with E-state index in [-0.39, 0.29) is 6.10 Å². The quantitative estimate of drug-likeness (QED) is 0.372. The molecule has 0 radical (unpaired) electrons. The Hall–Kier alpha value is -3.10. The second-order valence-electron chi connectivity index (χ2n) is 6.66. The first kappa shape index (κ1) is 19.2. The van der Waals surface area contributed by atoms with Crippen LogP contribution in [0.2, 0.25) is 0 Å². The number of thiocarbonyl (C=S) groups is 1. The molecular formula is C21H22N6OS. The van der Waals surface area contributed by atoms with Crippen LogP contribution in [0.1, 0.15) is 18.4 Å². The number of hydrazone groups is 1. The molecule has 7 nitrogen and oxygen atoms in total. The highest BCUT2D eigenvalue weighted by Crippen LogP contribution is 2.22. The Kier molecular flexibility index (Phi) is 6.23. The van der Waals surface area contributed by atoms with Gasteiger partial charge in [0.25, 0.3) is 0 Å². The topological polar surface area (TPSA) is 76.4 Å². The molecule has 0 spiro atoms. The predicted octanol–water partition coefficient (Wildman–Crippen LogP) is 2.91. The third-order valence-corrected chi connectivity index (χ3v) is 4.84. The minimum atomic E-state index is 0.223. The second-order valence-corrected chi connectivity index (χ2v) is 7.07. The third kappa shape index (κ3) is 5.04. The van der Waals surface area contributed by atoms with Crippen molar-refractivity contribution in [1.29, 1.82) is 0 Å². The molecule has 1 aliphatic heterocycles. The van der Waals surface area contributed by atoms with E-state index in [1.807, 2.05) is 53.3 Å². The Morgan fingerprint density at radius 1 is 1.24 bits per heavy atom. The van der Waals surface area contributed by atoms with Crippen molar-refractivity contribution in [2.75, 3.05) is 13.2 Å². The van der Waals surface area contributed by atoms with Gasteiger partial charge in [0.15, 0.2) is 5.11 Å². The molecule has 4 rings (SSSR count). The van der Waals surface area contributed by atoms with Crippen molar-refractivity contribution in [1.82, 2.24) is 25.5 Å². The van der Waals surface area contributed by atoms with Crippen LogP contribution in [0.25, 0.3) is 16.9 Å². The Balaban J connectivity index is 1.48. The van der Waals surface area contributed by atoms with E-state index >= 15 is 0 Å². The lowest BCUT2D eigenvalue weighted by molar-refractivity contribution is 0.114. The molecule has 0 amide bonds. The first-order valence-corrected chi connectivity index (χ1v) is 9.94. The van der Waals surface area contributed by atoms with Gasteiger partial charge in [0.05, 0.1) is 18.0 Å². The fourth-order valence-corrected chi connectivity index (χ4v) is 3.28. The molecule has 148 valence electrons. The molecule has 8 heteroatoms. The molecule has 1 saturated heterocycles. The molecule has 0 aliphatic carbocycles. The van der Waals surface area contributed by atoms with Crippen LogP contribution in [-0.2, 0) is 4.74 Å². The number of rotatable bonds is 6. The zero-order chi connectivity index (χ0) is 19.9. The molecular weight excluding hydrogens is 384 g/mol. The van der Waals surface area contributed by atoms with Crippen LogP contribution in [0.5, 0.6) is 0 Å². The molecule has 1 fully saturated rings. The summed E-state index contributed by atoms with van der Waals surface area (Å²) in [5.74, 6) is 0. The smallest absolute Gasteiger partial charge is 0.187 e. The molecule has 1 aromatic carbocycles. The fraction of sp³-hybridized carbons (Fsp3) is 0.238. The summed E-state index contributed by atoms with van der Waals surface area (Å²) in [4.78, 5) is 4.09. The number of ether oxygens (including phenoxy) is 1. The summed E-state index contributed by atoms with van der Waals surface area (Å²) < 4.78 is 7.42. The normalized spacial score (nSPS) is 16.2. The number of hydrogen-bond donors (Lipinski definition) is 2. The van der Waals surface area contributed by atoms with Gasteiger partial charge in [-0.2, -0.15) is 10.2 Å². The number of nitrogens with one attached hydrogen (secondary N) is 2. The van der Waals surface area contributed by atoms with Gasteiger partial charge in [0, 0.05) is 42.9 Å². The van der Waals surface area contributed by atoms with Crippen LogP contribution in [0, 0.1) is 0 Å². The maximum absolute atomic E-state index is 5.58. The van der Waals surface area contributed by atoms with Crippen molar-refractivity contribution in [2.45, 2.75) is 18.9 Å². The largest absolute Gasteiger partial charge is 0.376 e. The lowest BCUT2D eigenvalue weighted by atomic mass is 10.1. The monoisotopic (exact) mass is 406 g/mol. The van der Waals surface area contributed by atoms with Crippen LogP contribution in [-0.4, -0.2) is 45.3 Å². The van der Waals surface area contributed by atoms with Gasteiger partial charge in [-0.05, 0) is 49.3 Å². The van der Waals surface area contributed by atoms with Crippen LogP contribution >= 0.6 is 12.2 Å². The number of pyridine rings is 1. The first-order valence-electron chi connectivity index (χ1n) is 9.53. The SMILES string of the molecule is S=C(NC[C@H]1CCCO1)N/N=C\c1cn(-c2ccccc2)nc1-c1ccncc1. The summed E-state index contributed by atoms with van der Waals surface area (Å²) in [6.45, 7) is 1.52. The summed E-state index contributed by atoms with van der Waals surface area (Å²) in [7, 11) is 0. The van der Waals surface area contributed by atoms with Crippen LogP contribution < -0.4 is 10.7 Å². The Labute approximate surface area is 174 Å². The molecule has 2 N–H and O–H groups in total. The molecule has 29 heavy (non-hydrogen) atoms. The van der Waals surface area contributed by atoms with Crippen LogP contribution in [0.15, 0.2) is 66.2 Å². The molecule has 0 saturated carbocycles. The Bertz CT molecular complexity index is 967. The number of nitrogens with zero attached hydrogens (tertiary/aromatic N) is 4. The zero-order valence-corrected chi connectivity index (χ0v) is 16.7. The highest BCUT2D eigenvalue weighted by atomic mass is 32.1. The minimum Gasteiger partial charge on any atom is -0.376 e. The van der Waals surface area contributed by atoms with Crippen LogP contribution in [0.4, 0.5) is 0 Å². The predicted molar refractivity (Wildman–Crippen MR) is 117 cm³/mol. The number of aromatic nitrogens is 3. The number of benzene rings is 1. The van der Waals surface area contributed by atoms with Crippen molar-refractivity contribution in [3.8, 4) is 16.9 Å². The summed E-state index contributed by atoms with van der Waals surface area (Å²) in [5.41, 5.74) is 6.50. The molecule has 1 atom stereocenters. The third-order valence-electron chi connectivity index (χ3n) is 4.60.